The van der Waals surface area contributed by atoms with Gasteiger partial charge in [0.1, 0.15) is 0 Å². The number of rotatable bonds is 0. The van der Waals surface area contributed by atoms with E-state index in [1.807, 2.05) is 0 Å². The summed E-state index contributed by atoms with van der Waals surface area (Å²) < 4.78 is 0. The highest BCUT2D eigenvalue weighted by Gasteiger charge is 2.28. The van der Waals surface area contributed by atoms with Crippen molar-refractivity contribution in [3.05, 3.63) is 11.6 Å². The Balaban J connectivity index is 2.09. The van der Waals surface area contributed by atoms with Gasteiger partial charge in [-0.2, -0.15) is 5.26 Å². The normalized spacial score (nSPS) is 39.0. The van der Waals surface area contributed by atoms with Gasteiger partial charge in [0, 0.05) is 19.2 Å². The molecule has 2 bridgehead atoms. The predicted octanol–water partition coefficient (Wildman–Crippen LogP) is 1.16. The van der Waals surface area contributed by atoms with Gasteiger partial charge in [-0.3, -0.25) is 4.90 Å². The third-order valence-electron chi connectivity index (χ3n) is 2.62. The molecule has 0 aliphatic carbocycles. The molecule has 58 valence electrons. The molecule has 2 heterocycles. The van der Waals surface area contributed by atoms with Crippen molar-refractivity contribution in [2.24, 2.45) is 5.92 Å². The highest BCUT2D eigenvalue weighted by molar-refractivity contribution is 5.18. The number of hydrogen-bond donors (Lipinski definition) is 0. The molecule has 2 aliphatic heterocycles. The van der Waals surface area contributed by atoms with Crippen LogP contribution >= 0.6 is 0 Å². The molecular weight excluding hydrogens is 136 g/mol. The van der Waals surface area contributed by atoms with Gasteiger partial charge < -0.3 is 0 Å². The SMILES string of the molecule is N#CC=C1CC2CCN(C1)C2. The van der Waals surface area contributed by atoms with Gasteiger partial charge in [-0.1, -0.05) is 0 Å². The second-order valence-corrected chi connectivity index (χ2v) is 3.53. The number of fused-ring (bicyclic) bond motifs is 2. The summed E-state index contributed by atoms with van der Waals surface area (Å²) in [5.41, 5.74) is 1.33. The van der Waals surface area contributed by atoms with Crippen molar-refractivity contribution in [2.45, 2.75) is 12.8 Å². The van der Waals surface area contributed by atoms with Crippen LogP contribution in [0.25, 0.3) is 0 Å². The maximum Gasteiger partial charge on any atom is 0.0912 e. The maximum atomic E-state index is 8.47. The van der Waals surface area contributed by atoms with Gasteiger partial charge in [-0.05, 0) is 30.9 Å². The molecule has 11 heavy (non-hydrogen) atoms. The summed E-state index contributed by atoms with van der Waals surface area (Å²) in [4.78, 5) is 2.44. The Bertz CT molecular complexity index is 210. The molecule has 0 radical (unpaired) electrons. The van der Waals surface area contributed by atoms with Crippen molar-refractivity contribution in [3.8, 4) is 6.07 Å². The van der Waals surface area contributed by atoms with Crippen LogP contribution in [0.1, 0.15) is 12.8 Å². The fourth-order valence-corrected chi connectivity index (χ4v) is 2.14. The Hall–Kier alpha value is -0.810. The zero-order valence-corrected chi connectivity index (χ0v) is 6.58. The number of piperidine rings is 1. The minimum Gasteiger partial charge on any atom is -0.299 e. The van der Waals surface area contributed by atoms with Gasteiger partial charge in [-0.15, -0.1) is 0 Å². The minimum absolute atomic E-state index is 0.850. The molecular formula is C9H12N2. The zero-order valence-electron chi connectivity index (χ0n) is 6.58. The van der Waals surface area contributed by atoms with Crippen molar-refractivity contribution >= 4 is 0 Å². The average Bonchev–Trinajstić information content (AvgIpc) is 2.32. The lowest BCUT2D eigenvalue weighted by Crippen LogP contribution is -2.27. The summed E-state index contributed by atoms with van der Waals surface area (Å²) in [7, 11) is 0. The first kappa shape index (κ1) is 6.87. The highest BCUT2D eigenvalue weighted by Crippen LogP contribution is 2.29. The van der Waals surface area contributed by atoms with Crippen LogP contribution < -0.4 is 0 Å². The fourth-order valence-electron chi connectivity index (χ4n) is 2.14. The molecule has 0 aromatic heterocycles. The summed E-state index contributed by atoms with van der Waals surface area (Å²) >= 11 is 0. The molecule has 0 N–H and O–H groups in total. The molecule has 2 nitrogen and oxygen atoms in total. The van der Waals surface area contributed by atoms with E-state index in [1.165, 1.54) is 31.5 Å². The van der Waals surface area contributed by atoms with Gasteiger partial charge in [-0.25, -0.2) is 0 Å². The number of hydrogen-bond acceptors (Lipinski definition) is 2. The van der Waals surface area contributed by atoms with Crippen LogP contribution in [-0.4, -0.2) is 24.5 Å². The molecule has 2 fully saturated rings. The molecule has 2 rings (SSSR count). The van der Waals surface area contributed by atoms with E-state index in [4.69, 9.17) is 5.26 Å². The standard InChI is InChI=1S/C9H12N2/c10-3-1-8-5-9-2-4-11(6-8)7-9/h1,9H,2,4-7H2. The van der Waals surface area contributed by atoms with Gasteiger partial charge in [0.2, 0.25) is 0 Å². The first-order valence-electron chi connectivity index (χ1n) is 4.18. The number of nitriles is 1. The van der Waals surface area contributed by atoms with E-state index in [1.54, 1.807) is 6.08 Å². The molecule has 0 aromatic rings. The highest BCUT2D eigenvalue weighted by atomic mass is 15.2. The monoisotopic (exact) mass is 148 g/mol. The lowest BCUT2D eigenvalue weighted by atomic mass is 9.96. The first-order valence-corrected chi connectivity index (χ1v) is 4.18. The van der Waals surface area contributed by atoms with Gasteiger partial charge >= 0.3 is 0 Å². The van der Waals surface area contributed by atoms with Crippen molar-refractivity contribution in [1.29, 1.82) is 5.26 Å². The lowest BCUT2D eigenvalue weighted by Gasteiger charge is -2.23. The molecule has 2 atom stereocenters. The van der Waals surface area contributed by atoms with E-state index in [2.05, 4.69) is 11.0 Å². The summed E-state index contributed by atoms with van der Waals surface area (Å²) in [6.45, 7) is 3.56. The average molecular weight is 148 g/mol. The number of allylic oxidation sites excluding steroid dienone is 1. The predicted molar refractivity (Wildman–Crippen MR) is 42.9 cm³/mol. The van der Waals surface area contributed by atoms with E-state index >= 15 is 0 Å². The van der Waals surface area contributed by atoms with Crippen LogP contribution in [0, 0.1) is 17.2 Å². The smallest absolute Gasteiger partial charge is 0.0912 e. The van der Waals surface area contributed by atoms with Crippen LogP contribution in [0.15, 0.2) is 11.6 Å². The molecule has 0 amide bonds. The summed E-state index contributed by atoms with van der Waals surface area (Å²) in [6.07, 6.45) is 4.23. The van der Waals surface area contributed by atoms with Crippen molar-refractivity contribution in [1.82, 2.24) is 4.90 Å². The van der Waals surface area contributed by atoms with Crippen LogP contribution in [0.4, 0.5) is 0 Å². The molecule has 0 aromatic carbocycles. The van der Waals surface area contributed by atoms with E-state index in [-0.39, 0.29) is 0 Å². The van der Waals surface area contributed by atoms with E-state index < -0.39 is 0 Å². The Labute approximate surface area is 67.1 Å². The maximum absolute atomic E-state index is 8.47. The van der Waals surface area contributed by atoms with Crippen molar-refractivity contribution < 1.29 is 0 Å². The van der Waals surface area contributed by atoms with Crippen LogP contribution in [0.2, 0.25) is 0 Å². The quantitative estimate of drug-likeness (QED) is 0.482. The zero-order chi connectivity index (χ0) is 7.68. The molecule has 2 unspecified atom stereocenters. The first-order chi connectivity index (χ1) is 5.38. The topological polar surface area (TPSA) is 27.0 Å². The van der Waals surface area contributed by atoms with Gasteiger partial charge in [0.25, 0.3) is 0 Å². The molecule has 0 spiro atoms. The second-order valence-electron chi connectivity index (χ2n) is 3.53. The Morgan fingerprint density at radius 3 is 3.27 bits per heavy atom. The third kappa shape index (κ3) is 1.29. The van der Waals surface area contributed by atoms with E-state index in [0.717, 1.165) is 12.5 Å². The largest absolute Gasteiger partial charge is 0.299 e. The fraction of sp³-hybridized carbons (Fsp3) is 0.667. The number of nitrogens with zero attached hydrogens (tertiary/aromatic N) is 2. The summed E-state index contributed by atoms with van der Waals surface area (Å²) in [5.74, 6) is 0.850. The Morgan fingerprint density at radius 1 is 1.64 bits per heavy atom. The van der Waals surface area contributed by atoms with Crippen molar-refractivity contribution in [2.75, 3.05) is 19.6 Å². The van der Waals surface area contributed by atoms with Crippen LogP contribution in [-0.2, 0) is 0 Å². The van der Waals surface area contributed by atoms with Crippen molar-refractivity contribution in [3.63, 3.8) is 0 Å². The molecule has 2 aliphatic rings. The third-order valence-corrected chi connectivity index (χ3v) is 2.62. The lowest BCUT2D eigenvalue weighted by molar-refractivity contribution is 0.316. The molecule has 2 heteroatoms. The van der Waals surface area contributed by atoms with Crippen LogP contribution in [0.5, 0.6) is 0 Å². The minimum atomic E-state index is 0.850. The van der Waals surface area contributed by atoms with Gasteiger partial charge in [0.15, 0.2) is 0 Å². The summed E-state index contributed by atoms with van der Waals surface area (Å²) in [6, 6.07) is 2.12. The Kier molecular flexibility index (Phi) is 1.67. The second kappa shape index (κ2) is 2.67. The van der Waals surface area contributed by atoms with Gasteiger partial charge in [0.05, 0.1) is 6.07 Å². The Morgan fingerprint density at radius 2 is 2.55 bits per heavy atom. The van der Waals surface area contributed by atoms with Crippen LogP contribution in [0.3, 0.4) is 0 Å². The van der Waals surface area contributed by atoms with E-state index in [0.29, 0.717) is 0 Å². The molecule has 2 saturated heterocycles. The molecule has 0 saturated carbocycles. The van der Waals surface area contributed by atoms with E-state index in [9.17, 15) is 0 Å². The summed E-state index contributed by atoms with van der Waals surface area (Å²) in [5, 5.41) is 8.47.